The minimum atomic E-state index is -4.03. The Bertz CT molecular complexity index is 1110. The maximum atomic E-state index is 12.6. The average Bonchev–Trinajstić information content (AvgIpc) is 2.74. The van der Waals surface area contributed by atoms with Crippen molar-refractivity contribution in [2.75, 3.05) is 22.7 Å². The molecule has 1 atom stereocenters. The monoisotopic (exact) mass is 460 g/mol. The van der Waals surface area contributed by atoms with E-state index in [0.717, 1.165) is 43.5 Å². The van der Waals surface area contributed by atoms with Crippen molar-refractivity contribution >= 4 is 45.2 Å². The molecule has 2 aromatic carbocycles. The van der Waals surface area contributed by atoms with E-state index in [4.69, 9.17) is 16.7 Å². The number of hydrogen-bond acceptors (Lipinski definition) is 4. The Morgan fingerprint density at radius 2 is 1.87 bits per heavy atom. The molecule has 31 heavy (non-hydrogen) atoms. The van der Waals surface area contributed by atoms with Gasteiger partial charge in [0.05, 0.1) is 12.1 Å². The van der Waals surface area contributed by atoms with Gasteiger partial charge in [-0.3, -0.25) is 9.69 Å². The van der Waals surface area contributed by atoms with Gasteiger partial charge in [-0.25, -0.2) is 9.44 Å². The Kier molecular flexibility index (Phi) is 6.34. The zero-order chi connectivity index (χ0) is 22.0. The van der Waals surface area contributed by atoms with E-state index in [1.165, 1.54) is 4.31 Å². The summed E-state index contributed by atoms with van der Waals surface area (Å²) in [5.74, 6) is -0.242. The molecule has 9 heteroatoms. The van der Waals surface area contributed by atoms with Crippen LogP contribution in [-0.4, -0.2) is 38.5 Å². The number of nitrogens with zero attached hydrogens (tertiary/aromatic N) is 2. The molecule has 4 rings (SSSR count). The zero-order valence-corrected chi connectivity index (χ0v) is 18.6. The van der Waals surface area contributed by atoms with Gasteiger partial charge in [-0.1, -0.05) is 48.4 Å². The molecule has 2 aromatic rings. The Hall–Kier alpha value is -2.39. The van der Waals surface area contributed by atoms with Crippen molar-refractivity contribution in [3.63, 3.8) is 0 Å². The van der Waals surface area contributed by atoms with E-state index in [0.29, 0.717) is 16.4 Å². The molecule has 2 heterocycles. The van der Waals surface area contributed by atoms with Crippen LogP contribution in [0.5, 0.6) is 0 Å². The Morgan fingerprint density at radius 1 is 1.13 bits per heavy atom. The second-order valence-corrected chi connectivity index (χ2v) is 9.63. The zero-order valence-electron chi connectivity index (χ0n) is 17.0. The molecular weight excluding hydrogens is 436 g/mol. The lowest BCUT2D eigenvalue weighted by molar-refractivity contribution is -0.115. The number of hydrogen-bond donors (Lipinski definition) is 2. The first-order valence-corrected chi connectivity index (χ1v) is 12.1. The first kappa shape index (κ1) is 21.8. The van der Waals surface area contributed by atoms with Crippen molar-refractivity contribution in [2.24, 2.45) is 5.14 Å². The molecule has 0 spiro atoms. The van der Waals surface area contributed by atoms with Crippen molar-refractivity contribution in [2.45, 2.75) is 31.8 Å². The van der Waals surface area contributed by atoms with Crippen LogP contribution in [0.4, 0.5) is 11.4 Å². The molecule has 0 saturated carbocycles. The number of anilines is 2. The third-order valence-corrected chi connectivity index (χ3v) is 6.92. The van der Waals surface area contributed by atoms with Crippen LogP contribution in [-0.2, 0) is 21.4 Å². The summed E-state index contributed by atoms with van der Waals surface area (Å²) >= 11 is 6.15. The molecule has 0 aromatic heterocycles. The Labute approximate surface area is 187 Å². The van der Waals surface area contributed by atoms with Gasteiger partial charge in [-0.15, -0.1) is 0 Å². The maximum absolute atomic E-state index is 12.6. The molecule has 1 unspecified atom stereocenters. The van der Waals surface area contributed by atoms with Gasteiger partial charge < -0.3 is 5.32 Å². The maximum Gasteiger partial charge on any atom is 0.300 e. The summed E-state index contributed by atoms with van der Waals surface area (Å²) in [5, 5.41) is 8.99. The summed E-state index contributed by atoms with van der Waals surface area (Å²) in [5.41, 5.74) is 2.40. The number of likely N-dealkylation sites (tertiary alicyclic amines) is 1. The first-order chi connectivity index (χ1) is 14.8. The number of carbonyl (C=O) groups is 1. The number of fused-ring (bicyclic) bond motifs is 1. The largest absolute Gasteiger partial charge is 0.326 e. The lowest BCUT2D eigenvalue weighted by Gasteiger charge is -2.41. The van der Waals surface area contributed by atoms with E-state index in [1.807, 2.05) is 18.2 Å². The highest BCUT2D eigenvalue weighted by Crippen LogP contribution is 2.35. The van der Waals surface area contributed by atoms with Crippen LogP contribution in [0.2, 0.25) is 5.02 Å². The number of benzene rings is 2. The standard InChI is InChI=1S/C22H25ClN4O3S/c23-19-7-3-2-6-17(19)14-21(28)25-18-10-8-16-9-11-22(26-12-4-1-5-13-26)27(20(16)15-18)31(24,29)30/h2-3,6-11,15,22H,1,4-5,12-14H2,(H,25,28)(H2,24,29,30). The fourth-order valence-corrected chi connectivity index (χ4v) is 5.26. The second-order valence-electron chi connectivity index (χ2n) is 7.80. The number of carbonyl (C=O) groups excluding carboxylic acids is 1. The predicted octanol–water partition coefficient (Wildman–Crippen LogP) is 3.37. The minimum Gasteiger partial charge on any atom is -0.326 e. The number of rotatable bonds is 5. The van der Waals surface area contributed by atoms with Gasteiger partial charge in [-0.2, -0.15) is 8.42 Å². The molecule has 2 aliphatic rings. The first-order valence-electron chi connectivity index (χ1n) is 10.2. The highest BCUT2D eigenvalue weighted by Gasteiger charge is 2.34. The van der Waals surface area contributed by atoms with E-state index in [9.17, 15) is 13.2 Å². The van der Waals surface area contributed by atoms with Gasteiger partial charge in [0.1, 0.15) is 6.17 Å². The van der Waals surface area contributed by atoms with Crippen LogP contribution in [0.3, 0.4) is 0 Å². The summed E-state index contributed by atoms with van der Waals surface area (Å²) < 4.78 is 26.4. The summed E-state index contributed by atoms with van der Waals surface area (Å²) in [6, 6.07) is 12.3. The van der Waals surface area contributed by atoms with Gasteiger partial charge in [0.2, 0.25) is 5.91 Å². The molecular formula is C22H25ClN4O3S. The van der Waals surface area contributed by atoms with E-state index in [-0.39, 0.29) is 12.3 Å². The lowest BCUT2D eigenvalue weighted by Crippen LogP contribution is -2.54. The van der Waals surface area contributed by atoms with Gasteiger partial charge in [-0.05, 0) is 48.2 Å². The van der Waals surface area contributed by atoms with Crippen LogP contribution in [0.25, 0.3) is 6.08 Å². The third-order valence-electron chi connectivity index (χ3n) is 5.59. The van der Waals surface area contributed by atoms with Gasteiger partial charge >= 0.3 is 10.2 Å². The van der Waals surface area contributed by atoms with Crippen molar-refractivity contribution in [3.05, 3.63) is 64.7 Å². The van der Waals surface area contributed by atoms with Crippen LogP contribution in [0.15, 0.2) is 48.5 Å². The number of nitrogens with two attached hydrogens (primary N) is 1. The highest BCUT2D eigenvalue weighted by molar-refractivity contribution is 7.90. The van der Waals surface area contributed by atoms with Crippen LogP contribution in [0, 0.1) is 0 Å². The van der Waals surface area contributed by atoms with Crippen molar-refractivity contribution in [1.29, 1.82) is 0 Å². The number of halogens is 1. The molecule has 7 nitrogen and oxygen atoms in total. The lowest BCUT2D eigenvalue weighted by atomic mass is 10.0. The van der Waals surface area contributed by atoms with Gasteiger partial charge in [0, 0.05) is 23.8 Å². The number of amides is 1. The van der Waals surface area contributed by atoms with Crippen LogP contribution >= 0.6 is 11.6 Å². The van der Waals surface area contributed by atoms with Crippen LogP contribution in [0.1, 0.15) is 30.4 Å². The normalized spacial score (nSPS) is 19.2. The summed E-state index contributed by atoms with van der Waals surface area (Å²) in [7, 11) is -4.03. The molecule has 164 valence electrons. The fraction of sp³-hybridized carbons (Fsp3) is 0.318. The molecule has 2 aliphatic heterocycles. The molecule has 1 amide bonds. The minimum absolute atomic E-state index is 0.117. The highest BCUT2D eigenvalue weighted by atomic mass is 35.5. The fourth-order valence-electron chi connectivity index (χ4n) is 4.12. The Balaban J connectivity index is 1.60. The average molecular weight is 461 g/mol. The summed E-state index contributed by atoms with van der Waals surface area (Å²) in [6.45, 7) is 1.62. The number of nitrogens with one attached hydrogen (secondary N) is 1. The molecule has 0 bridgehead atoms. The SMILES string of the molecule is NS(=O)(=O)N1c2cc(NC(=O)Cc3ccccc3Cl)ccc2C=CC1N1CCCCC1. The van der Waals surface area contributed by atoms with Gasteiger partial charge in [0.25, 0.3) is 0 Å². The second kappa shape index (κ2) is 9.00. The van der Waals surface area contributed by atoms with E-state index in [2.05, 4.69) is 10.2 Å². The van der Waals surface area contributed by atoms with E-state index >= 15 is 0 Å². The van der Waals surface area contributed by atoms with Crippen molar-refractivity contribution in [1.82, 2.24) is 4.90 Å². The molecule has 3 N–H and O–H groups in total. The van der Waals surface area contributed by atoms with Crippen LogP contribution < -0.4 is 14.8 Å². The third kappa shape index (κ3) is 4.93. The summed E-state index contributed by atoms with van der Waals surface area (Å²) in [6.07, 6.45) is 6.60. The van der Waals surface area contributed by atoms with Gasteiger partial charge in [0.15, 0.2) is 0 Å². The number of piperidine rings is 1. The topological polar surface area (TPSA) is 95.7 Å². The van der Waals surface area contributed by atoms with E-state index in [1.54, 1.807) is 36.4 Å². The molecule has 0 radical (unpaired) electrons. The predicted molar refractivity (Wildman–Crippen MR) is 124 cm³/mol. The van der Waals surface area contributed by atoms with Crippen molar-refractivity contribution in [3.8, 4) is 0 Å². The molecule has 1 saturated heterocycles. The van der Waals surface area contributed by atoms with E-state index < -0.39 is 16.4 Å². The summed E-state index contributed by atoms with van der Waals surface area (Å²) in [4.78, 5) is 14.7. The quantitative estimate of drug-likeness (QED) is 0.715. The smallest absolute Gasteiger partial charge is 0.300 e. The van der Waals surface area contributed by atoms with Crippen molar-refractivity contribution < 1.29 is 13.2 Å². The molecule has 0 aliphatic carbocycles. The Morgan fingerprint density at radius 3 is 2.58 bits per heavy atom. The molecule has 1 fully saturated rings.